The Balaban J connectivity index is 2.26. The number of rotatable bonds is 5. The van der Waals surface area contributed by atoms with E-state index in [2.05, 4.69) is 5.32 Å². The van der Waals surface area contributed by atoms with Gasteiger partial charge in [0.05, 0.1) is 6.04 Å². The van der Waals surface area contributed by atoms with Crippen LogP contribution in [0.3, 0.4) is 0 Å². The molecule has 0 saturated heterocycles. The Morgan fingerprint density at radius 1 is 1.18 bits per heavy atom. The fourth-order valence-electron chi connectivity index (χ4n) is 3.01. The Kier molecular flexibility index (Phi) is 5.99. The Labute approximate surface area is 132 Å². The first kappa shape index (κ1) is 16.5. The van der Waals surface area contributed by atoms with Gasteiger partial charge in [-0.25, -0.2) is 0 Å². The second kappa shape index (κ2) is 7.97. The van der Waals surface area contributed by atoms with Gasteiger partial charge in [-0.3, -0.25) is 9.59 Å². The van der Waals surface area contributed by atoms with Gasteiger partial charge in [-0.15, -0.1) is 0 Å². The zero-order valence-electron chi connectivity index (χ0n) is 13.6. The van der Waals surface area contributed by atoms with Crippen molar-refractivity contribution in [3.05, 3.63) is 29.8 Å². The highest BCUT2D eigenvalue weighted by molar-refractivity contribution is 5.94. The van der Waals surface area contributed by atoms with Gasteiger partial charge in [0.1, 0.15) is 0 Å². The minimum absolute atomic E-state index is 0.00896. The van der Waals surface area contributed by atoms with Gasteiger partial charge in [-0.05, 0) is 37.3 Å². The summed E-state index contributed by atoms with van der Waals surface area (Å²) in [7, 11) is 0. The van der Waals surface area contributed by atoms with Gasteiger partial charge in [0.15, 0.2) is 0 Å². The number of fused-ring (bicyclic) bond motifs is 1. The molecule has 1 atom stereocenters. The first-order chi connectivity index (χ1) is 10.7. The average molecular weight is 302 g/mol. The summed E-state index contributed by atoms with van der Waals surface area (Å²) in [6, 6.07) is 7.97. The molecule has 1 heterocycles. The second-order valence-corrected chi connectivity index (χ2v) is 5.87. The number of benzene rings is 1. The number of carbonyl (C=O) groups is 2. The summed E-state index contributed by atoms with van der Waals surface area (Å²) in [6.07, 6.45) is 4.61. The van der Waals surface area contributed by atoms with Crippen LogP contribution in [0.2, 0.25) is 0 Å². The Hall–Kier alpha value is -1.84. The van der Waals surface area contributed by atoms with Crippen molar-refractivity contribution in [3.8, 4) is 0 Å². The molecule has 2 rings (SSSR count). The van der Waals surface area contributed by atoms with E-state index >= 15 is 0 Å². The molecule has 4 nitrogen and oxygen atoms in total. The summed E-state index contributed by atoms with van der Waals surface area (Å²) in [5, 5.41) is 3.13. The Morgan fingerprint density at radius 3 is 2.64 bits per heavy atom. The zero-order valence-corrected chi connectivity index (χ0v) is 13.6. The van der Waals surface area contributed by atoms with Crippen molar-refractivity contribution in [2.24, 2.45) is 0 Å². The quantitative estimate of drug-likeness (QED) is 0.904. The van der Waals surface area contributed by atoms with Crippen molar-refractivity contribution in [2.45, 2.75) is 58.4 Å². The number of nitrogens with one attached hydrogen (secondary N) is 1. The van der Waals surface area contributed by atoms with Gasteiger partial charge in [0.2, 0.25) is 11.8 Å². The fourth-order valence-corrected chi connectivity index (χ4v) is 3.01. The highest BCUT2D eigenvalue weighted by atomic mass is 16.2. The molecule has 1 N–H and O–H groups in total. The molecule has 120 valence electrons. The molecule has 0 spiro atoms. The van der Waals surface area contributed by atoms with Crippen LogP contribution in [0.1, 0.15) is 64.0 Å². The van der Waals surface area contributed by atoms with Crippen LogP contribution >= 0.6 is 0 Å². The predicted octanol–water partition coefficient (Wildman–Crippen LogP) is 3.57. The molecule has 2 amide bonds. The zero-order chi connectivity index (χ0) is 15.9. The smallest absolute Gasteiger partial charge is 0.226 e. The van der Waals surface area contributed by atoms with Crippen LogP contribution in [-0.2, 0) is 9.59 Å². The number of hydrogen-bond acceptors (Lipinski definition) is 2. The van der Waals surface area contributed by atoms with E-state index < -0.39 is 0 Å². The molecule has 1 aromatic rings. The summed E-state index contributed by atoms with van der Waals surface area (Å²) in [5.74, 6) is 0.270. The number of hydrogen-bond donors (Lipinski definition) is 1. The van der Waals surface area contributed by atoms with Gasteiger partial charge in [-0.2, -0.15) is 0 Å². The third-order valence-corrected chi connectivity index (χ3v) is 4.05. The fraction of sp³-hybridized carbons (Fsp3) is 0.556. The second-order valence-electron chi connectivity index (χ2n) is 5.87. The summed E-state index contributed by atoms with van der Waals surface area (Å²) >= 11 is 0. The maximum atomic E-state index is 12.4. The molecule has 22 heavy (non-hydrogen) atoms. The van der Waals surface area contributed by atoms with Crippen molar-refractivity contribution in [1.82, 2.24) is 5.32 Å². The molecule has 0 aromatic heterocycles. The van der Waals surface area contributed by atoms with Crippen LogP contribution in [0, 0.1) is 0 Å². The molecule has 0 radical (unpaired) electrons. The molecule has 0 saturated carbocycles. The molecule has 0 bridgehead atoms. The lowest BCUT2D eigenvalue weighted by molar-refractivity contribution is -0.122. The molecular formula is C18H26N2O2. The van der Waals surface area contributed by atoms with E-state index in [1.807, 2.05) is 43.0 Å². The van der Waals surface area contributed by atoms with Crippen LogP contribution in [-0.4, -0.2) is 18.4 Å². The van der Waals surface area contributed by atoms with Crippen LogP contribution < -0.4 is 10.2 Å². The molecule has 1 aromatic carbocycles. The normalized spacial score (nSPS) is 17.5. The third-order valence-electron chi connectivity index (χ3n) is 4.05. The van der Waals surface area contributed by atoms with E-state index in [1.165, 1.54) is 0 Å². The van der Waals surface area contributed by atoms with E-state index in [0.29, 0.717) is 12.8 Å². The number of amides is 2. The molecule has 1 unspecified atom stereocenters. The van der Waals surface area contributed by atoms with Crippen LogP contribution in [0.5, 0.6) is 0 Å². The summed E-state index contributed by atoms with van der Waals surface area (Å²) in [5.41, 5.74) is 2.02. The van der Waals surface area contributed by atoms with Crippen LogP contribution in [0.4, 0.5) is 5.69 Å². The van der Waals surface area contributed by atoms with Crippen LogP contribution in [0.15, 0.2) is 24.3 Å². The van der Waals surface area contributed by atoms with E-state index in [-0.39, 0.29) is 17.9 Å². The summed E-state index contributed by atoms with van der Waals surface area (Å²) < 4.78 is 0. The average Bonchev–Trinajstić information content (AvgIpc) is 2.68. The van der Waals surface area contributed by atoms with E-state index in [0.717, 1.165) is 43.5 Å². The van der Waals surface area contributed by atoms with Gasteiger partial charge in [0, 0.05) is 25.1 Å². The largest absolute Gasteiger partial charge is 0.349 e. The molecule has 0 aliphatic carbocycles. The van der Waals surface area contributed by atoms with E-state index in [4.69, 9.17) is 0 Å². The molecule has 1 aliphatic heterocycles. The maximum Gasteiger partial charge on any atom is 0.226 e. The maximum absolute atomic E-state index is 12.4. The van der Waals surface area contributed by atoms with E-state index in [1.54, 1.807) is 0 Å². The molecule has 1 aliphatic rings. The molecule has 4 heteroatoms. The number of carbonyl (C=O) groups excluding carboxylic acids is 2. The van der Waals surface area contributed by atoms with Gasteiger partial charge >= 0.3 is 0 Å². The number of nitrogens with zero attached hydrogens (tertiary/aromatic N) is 1. The monoisotopic (exact) mass is 302 g/mol. The first-order valence-electron chi connectivity index (χ1n) is 8.36. The topological polar surface area (TPSA) is 49.4 Å². The van der Waals surface area contributed by atoms with Gasteiger partial charge in [-0.1, -0.05) is 32.0 Å². The Morgan fingerprint density at radius 2 is 1.91 bits per heavy atom. The highest BCUT2D eigenvalue weighted by Gasteiger charge is 2.26. The van der Waals surface area contributed by atoms with Crippen molar-refractivity contribution in [1.29, 1.82) is 0 Å². The number of para-hydroxylation sites is 1. The van der Waals surface area contributed by atoms with Crippen molar-refractivity contribution < 1.29 is 9.59 Å². The summed E-state index contributed by atoms with van der Waals surface area (Å²) in [4.78, 5) is 26.2. The minimum Gasteiger partial charge on any atom is -0.349 e. The Bertz CT molecular complexity index is 528. The van der Waals surface area contributed by atoms with E-state index in [9.17, 15) is 9.59 Å². The lowest BCUT2D eigenvalue weighted by atomic mass is 10.0. The SMILES string of the molecule is CCCC(=O)NC1CCCN(C(=O)CCC)c2ccccc21. The highest BCUT2D eigenvalue weighted by Crippen LogP contribution is 2.33. The lowest BCUT2D eigenvalue weighted by Crippen LogP contribution is -2.31. The van der Waals surface area contributed by atoms with Crippen molar-refractivity contribution in [2.75, 3.05) is 11.4 Å². The standard InChI is InChI=1S/C18H26N2O2/c1-3-8-17(21)19-15-11-7-13-20(18(22)9-4-2)16-12-6-5-10-14(15)16/h5-6,10,12,15H,3-4,7-9,11,13H2,1-2H3,(H,19,21). The molecule has 0 fully saturated rings. The van der Waals surface area contributed by atoms with Gasteiger partial charge in [0.25, 0.3) is 0 Å². The minimum atomic E-state index is 0.00896. The van der Waals surface area contributed by atoms with Crippen LogP contribution in [0.25, 0.3) is 0 Å². The third kappa shape index (κ3) is 3.87. The van der Waals surface area contributed by atoms with Gasteiger partial charge < -0.3 is 10.2 Å². The van der Waals surface area contributed by atoms with Crippen molar-refractivity contribution >= 4 is 17.5 Å². The lowest BCUT2D eigenvalue weighted by Gasteiger charge is -2.24. The summed E-state index contributed by atoms with van der Waals surface area (Å²) in [6.45, 7) is 4.76. The number of anilines is 1. The molecular weight excluding hydrogens is 276 g/mol. The van der Waals surface area contributed by atoms with Crippen molar-refractivity contribution in [3.63, 3.8) is 0 Å². The first-order valence-corrected chi connectivity index (χ1v) is 8.36. The predicted molar refractivity (Wildman–Crippen MR) is 88.7 cm³/mol.